The van der Waals surface area contributed by atoms with Gasteiger partial charge in [0.2, 0.25) is 0 Å². The molecule has 2 aliphatic heterocycles. The summed E-state index contributed by atoms with van der Waals surface area (Å²) in [5.41, 5.74) is -1.26. The van der Waals surface area contributed by atoms with Gasteiger partial charge in [0.05, 0.1) is 27.4 Å². The van der Waals surface area contributed by atoms with E-state index in [9.17, 15) is 9.59 Å². The Hall–Kier alpha value is -2.94. The highest BCUT2D eigenvalue weighted by atomic mass is 17.0. The molecule has 0 saturated carbocycles. The first-order valence-corrected chi connectivity index (χ1v) is 11.3. The van der Waals surface area contributed by atoms with Gasteiger partial charge >= 0.3 is 11.9 Å². The zero-order chi connectivity index (χ0) is 24.5. The number of rotatable bonds is 5. The molecule has 2 saturated heterocycles. The van der Waals surface area contributed by atoms with Gasteiger partial charge < -0.3 is 14.2 Å². The Kier molecular flexibility index (Phi) is 6.66. The van der Waals surface area contributed by atoms with E-state index in [1.54, 1.807) is 7.11 Å². The summed E-state index contributed by atoms with van der Waals surface area (Å²) >= 11 is 0. The van der Waals surface area contributed by atoms with Gasteiger partial charge in [-0.3, -0.25) is 19.3 Å². The Morgan fingerprint density at radius 2 is 1.53 bits per heavy atom. The van der Waals surface area contributed by atoms with Crippen LogP contribution < -0.4 is 4.74 Å². The summed E-state index contributed by atoms with van der Waals surface area (Å²) in [4.78, 5) is 39.7. The van der Waals surface area contributed by atoms with Crippen LogP contribution in [0.2, 0.25) is 0 Å². The highest BCUT2D eigenvalue weighted by molar-refractivity contribution is 6.02. The van der Waals surface area contributed by atoms with Gasteiger partial charge in [0.15, 0.2) is 5.41 Å². The van der Waals surface area contributed by atoms with Crippen molar-refractivity contribution in [1.82, 2.24) is 5.23 Å². The molecule has 8 heteroatoms. The minimum atomic E-state index is -1.72. The normalized spacial score (nSPS) is 28.4. The summed E-state index contributed by atoms with van der Waals surface area (Å²) in [7, 11) is 4.16. The highest BCUT2D eigenvalue weighted by Crippen LogP contribution is 2.59. The molecule has 182 valence electrons. The van der Waals surface area contributed by atoms with Gasteiger partial charge in [0, 0.05) is 12.3 Å². The zero-order valence-corrected chi connectivity index (χ0v) is 20.1. The van der Waals surface area contributed by atoms with Crippen LogP contribution in [0.15, 0.2) is 54.6 Å². The summed E-state index contributed by atoms with van der Waals surface area (Å²) < 4.78 is 15.8. The fourth-order valence-electron chi connectivity index (χ4n) is 5.38. The van der Waals surface area contributed by atoms with Gasteiger partial charge in [-0.05, 0) is 43.5 Å². The first kappa shape index (κ1) is 24.2. The molecule has 2 aromatic carbocycles. The molecule has 0 radical (unpaired) electrons. The van der Waals surface area contributed by atoms with Crippen LogP contribution in [-0.4, -0.2) is 50.1 Å². The molecular weight excluding hydrogens is 438 g/mol. The number of hydrogen-bond acceptors (Lipinski definition) is 8. The molecule has 0 amide bonds. The van der Waals surface area contributed by atoms with Crippen molar-refractivity contribution in [3.63, 3.8) is 0 Å². The predicted molar refractivity (Wildman–Crippen MR) is 122 cm³/mol. The van der Waals surface area contributed by atoms with Crippen LogP contribution in [0.4, 0.5) is 0 Å². The summed E-state index contributed by atoms with van der Waals surface area (Å²) in [6.45, 7) is 3.74. The summed E-state index contributed by atoms with van der Waals surface area (Å²) in [5, 5.41) is 1.35. The lowest BCUT2D eigenvalue weighted by atomic mass is 9.57. The first-order chi connectivity index (χ1) is 16.3. The lowest BCUT2D eigenvalue weighted by molar-refractivity contribution is -0.490. The Labute approximate surface area is 199 Å². The molecule has 0 N–H and O–H groups in total. The van der Waals surface area contributed by atoms with Crippen molar-refractivity contribution in [3.05, 3.63) is 65.7 Å². The topological polar surface area (TPSA) is 83.5 Å². The lowest BCUT2D eigenvalue weighted by Crippen LogP contribution is -2.73. The van der Waals surface area contributed by atoms with Gasteiger partial charge in [0.25, 0.3) is 0 Å². The highest BCUT2D eigenvalue weighted by Gasteiger charge is 2.72. The quantitative estimate of drug-likeness (QED) is 0.481. The van der Waals surface area contributed by atoms with Crippen LogP contribution in [0.5, 0.6) is 5.75 Å². The van der Waals surface area contributed by atoms with E-state index in [1.165, 1.54) is 19.4 Å². The Balaban J connectivity index is 1.92. The van der Waals surface area contributed by atoms with Gasteiger partial charge in [-0.2, -0.15) is 0 Å². The standard InChI is InChI=1S/C26H31NO7/c1-17-15-21(18-11-13-20(30-3)14-12-18)25(2)26(23(28)31-4,24(29)32-5)16-22(34-27(25)33-17)19-9-7-6-8-10-19/h6-14,17,21-22H,15-16H2,1-5H3/t17-,21+,22+,25-/m1/s1. The number of esters is 2. The molecule has 4 atom stereocenters. The van der Waals surface area contributed by atoms with E-state index in [-0.39, 0.29) is 18.4 Å². The van der Waals surface area contributed by atoms with Gasteiger partial charge in [0.1, 0.15) is 17.4 Å². The van der Waals surface area contributed by atoms with Crippen molar-refractivity contribution in [1.29, 1.82) is 0 Å². The Morgan fingerprint density at radius 1 is 0.912 bits per heavy atom. The fraction of sp³-hybridized carbons (Fsp3) is 0.462. The van der Waals surface area contributed by atoms with E-state index in [1.807, 2.05) is 68.4 Å². The molecule has 2 fully saturated rings. The molecule has 2 heterocycles. The number of ether oxygens (including phenoxy) is 3. The van der Waals surface area contributed by atoms with Crippen molar-refractivity contribution in [2.24, 2.45) is 5.41 Å². The van der Waals surface area contributed by atoms with Crippen LogP contribution in [0, 0.1) is 5.41 Å². The van der Waals surface area contributed by atoms with Gasteiger partial charge in [-0.25, -0.2) is 0 Å². The SMILES string of the molecule is COC(=O)C1(C(=O)OC)C[C@@H](c2ccccc2)ON2O[C@H](C)C[C@@H](c3ccc(OC)cc3)[C@@]21C. The zero-order valence-electron chi connectivity index (χ0n) is 20.1. The maximum Gasteiger partial charge on any atom is 0.325 e. The Morgan fingerprint density at radius 3 is 2.09 bits per heavy atom. The predicted octanol–water partition coefficient (Wildman–Crippen LogP) is 3.97. The minimum absolute atomic E-state index is 0.0355. The van der Waals surface area contributed by atoms with Crippen LogP contribution in [0.25, 0.3) is 0 Å². The number of carbonyl (C=O) groups excluding carboxylic acids is 2. The number of carbonyl (C=O) groups is 2. The lowest BCUT2D eigenvalue weighted by Gasteiger charge is -2.60. The van der Waals surface area contributed by atoms with E-state index < -0.39 is 29.0 Å². The molecule has 0 aromatic heterocycles. The van der Waals surface area contributed by atoms with Crippen molar-refractivity contribution in [3.8, 4) is 5.75 Å². The Bertz CT molecular complexity index is 1010. The molecule has 0 unspecified atom stereocenters. The maximum atomic E-state index is 13.6. The van der Waals surface area contributed by atoms with Crippen LogP contribution in [0.3, 0.4) is 0 Å². The summed E-state index contributed by atoms with van der Waals surface area (Å²) in [6.07, 6.45) is -0.278. The average molecular weight is 470 g/mol. The van der Waals surface area contributed by atoms with Crippen molar-refractivity contribution in [2.45, 2.75) is 50.4 Å². The number of hydroxylamine groups is 2. The minimum Gasteiger partial charge on any atom is -0.497 e. The molecule has 0 aliphatic carbocycles. The van der Waals surface area contributed by atoms with Crippen molar-refractivity contribution in [2.75, 3.05) is 21.3 Å². The third-order valence-electron chi connectivity index (χ3n) is 7.24. The van der Waals surface area contributed by atoms with Crippen LogP contribution in [0.1, 0.15) is 49.8 Å². The monoisotopic (exact) mass is 469 g/mol. The van der Waals surface area contributed by atoms with Crippen LogP contribution >= 0.6 is 0 Å². The molecule has 8 nitrogen and oxygen atoms in total. The number of nitrogens with zero attached hydrogens (tertiary/aromatic N) is 1. The largest absolute Gasteiger partial charge is 0.497 e. The summed E-state index contributed by atoms with van der Waals surface area (Å²) in [6, 6.07) is 17.0. The second kappa shape index (κ2) is 9.37. The van der Waals surface area contributed by atoms with Crippen molar-refractivity contribution >= 4 is 11.9 Å². The molecule has 0 spiro atoms. The third-order valence-corrected chi connectivity index (χ3v) is 7.24. The van der Waals surface area contributed by atoms with E-state index in [2.05, 4.69) is 0 Å². The molecule has 2 aromatic rings. The fourth-order valence-corrected chi connectivity index (χ4v) is 5.38. The van der Waals surface area contributed by atoms with E-state index in [0.29, 0.717) is 12.2 Å². The third kappa shape index (κ3) is 3.66. The van der Waals surface area contributed by atoms with Crippen LogP contribution in [-0.2, 0) is 28.7 Å². The number of hydrogen-bond donors (Lipinski definition) is 0. The van der Waals surface area contributed by atoms with Gasteiger partial charge in [-0.1, -0.05) is 47.7 Å². The molecule has 0 bridgehead atoms. The molecule has 2 aliphatic rings. The van der Waals surface area contributed by atoms with Gasteiger partial charge in [-0.15, -0.1) is 0 Å². The molecule has 34 heavy (non-hydrogen) atoms. The number of benzene rings is 2. The first-order valence-electron chi connectivity index (χ1n) is 11.3. The average Bonchev–Trinajstić information content (AvgIpc) is 2.87. The second-order valence-electron chi connectivity index (χ2n) is 8.98. The molecular formula is C26H31NO7. The van der Waals surface area contributed by atoms with Crippen molar-refractivity contribution < 1.29 is 33.5 Å². The molecule has 4 rings (SSSR count). The van der Waals surface area contributed by atoms with E-state index >= 15 is 0 Å². The summed E-state index contributed by atoms with van der Waals surface area (Å²) in [5.74, 6) is -0.986. The van der Waals surface area contributed by atoms with E-state index in [0.717, 1.165) is 11.1 Å². The smallest absolute Gasteiger partial charge is 0.325 e. The maximum absolute atomic E-state index is 13.6. The number of methoxy groups -OCH3 is 3. The number of fused-ring (bicyclic) bond motifs is 1. The second-order valence-corrected chi connectivity index (χ2v) is 8.98. The van der Waals surface area contributed by atoms with E-state index in [4.69, 9.17) is 23.9 Å².